The number of rotatable bonds is 1. The van der Waals surface area contributed by atoms with Gasteiger partial charge >= 0.3 is 5.97 Å². The Balaban J connectivity index is 2.46. The minimum absolute atomic E-state index is 0.0122. The monoisotopic (exact) mass is 156 g/mol. The third kappa shape index (κ3) is 2.52. The summed E-state index contributed by atoms with van der Waals surface area (Å²) in [6.45, 7) is 4.17. The second-order valence-electron chi connectivity index (χ2n) is 3.41. The van der Waals surface area contributed by atoms with E-state index in [2.05, 4.69) is 13.8 Å². The molecule has 64 valence electrons. The van der Waals surface area contributed by atoms with Crippen LogP contribution < -0.4 is 0 Å². The lowest BCUT2D eigenvalue weighted by Crippen LogP contribution is -2.13. The Hall–Kier alpha value is -0.530. The lowest BCUT2D eigenvalue weighted by atomic mass is 10.0. The number of hydrogen-bond acceptors (Lipinski definition) is 2. The second kappa shape index (κ2) is 3.74. The van der Waals surface area contributed by atoms with Crippen LogP contribution in [0.15, 0.2) is 0 Å². The van der Waals surface area contributed by atoms with Gasteiger partial charge in [-0.25, -0.2) is 0 Å². The van der Waals surface area contributed by atoms with Gasteiger partial charge in [0.05, 0.1) is 0 Å². The normalized spacial score (nSPS) is 32.7. The minimum atomic E-state index is -0.0122. The van der Waals surface area contributed by atoms with Gasteiger partial charge in [-0.15, -0.1) is 0 Å². The standard InChI is InChI=1S/C9H16O2/c1-3-8-5-4-7(2)6-9(10)11-8/h7-8H,3-6H2,1-2H3. The summed E-state index contributed by atoms with van der Waals surface area (Å²) in [5.74, 6) is 0.501. The van der Waals surface area contributed by atoms with Gasteiger partial charge in [-0.1, -0.05) is 13.8 Å². The molecule has 1 heterocycles. The summed E-state index contributed by atoms with van der Waals surface area (Å²) in [5.41, 5.74) is 0. The first-order valence-electron chi connectivity index (χ1n) is 4.41. The highest BCUT2D eigenvalue weighted by atomic mass is 16.5. The van der Waals surface area contributed by atoms with Crippen molar-refractivity contribution >= 4 is 5.97 Å². The minimum Gasteiger partial charge on any atom is -0.462 e. The van der Waals surface area contributed by atoms with Crippen molar-refractivity contribution in [2.45, 2.75) is 45.6 Å². The zero-order valence-corrected chi connectivity index (χ0v) is 7.30. The van der Waals surface area contributed by atoms with Crippen LogP contribution in [0.2, 0.25) is 0 Å². The maximum absolute atomic E-state index is 11.0. The van der Waals surface area contributed by atoms with Gasteiger partial charge in [0.25, 0.3) is 0 Å². The van der Waals surface area contributed by atoms with Crippen molar-refractivity contribution in [1.82, 2.24) is 0 Å². The van der Waals surface area contributed by atoms with Crippen LogP contribution in [-0.2, 0) is 9.53 Å². The average molecular weight is 156 g/mol. The maximum Gasteiger partial charge on any atom is 0.306 e. The molecule has 2 heteroatoms. The Bertz CT molecular complexity index is 142. The second-order valence-corrected chi connectivity index (χ2v) is 3.41. The summed E-state index contributed by atoms with van der Waals surface area (Å²) >= 11 is 0. The molecule has 0 radical (unpaired) electrons. The zero-order valence-electron chi connectivity index (χ0n) is 7.30. The van der Waals surface area contributed by atoms with E-state index in [0.717, 1.165) is 19.3 Å². The fourth-order valence-corrected chi connectivity index (χ4v) is 1.44. The van der Waals surface area contributed by atoms with Gasteiger partial charge in [-0.3, -0.25) is 4.79 Å². The average Bonchev–Trinajstić information content (AvgIpc) is 2.11. The molecule has 2 unspecified atom stereocenters. The molecule has 0 aromatic carbocycles. The van der Waals surface area contributed by atoms with Gasteiger partial charge in [-0.05, 0) is 25.2 Å². The van der Waals surface area contributed by atoms with Crippen molar-refractivity contribution in [2.75, 3.05) is 0 Å². The first kappa shape index (κ1) is 8.57. The Morgan fingerprint density at radius 2 is 2.27 bits per heavy atom. The largest absolute Gasteiger partial charge is 0.462 e. The van der Waals surface area contributed by atoms with Crippen LogP contribution >= 0.6 is 0 Å². The first-order valence-corrected chi connectivity index (χ1v) is 4.41. The molecule has 2 nitrogen and oxygen atoms in total. The molecule has 1 aliphatic heterocycles. The number of ether oxygens (including phenoxy) is 1. The molecule has 2 atom stereocenters. The molecular formula is C9H16O2. The summed E-state index contributed by atoms with van der Waals surface area (Å²) in [7, 11) is 0. The molecule has 1 rings (SSSR count). The van der Waals surface area contributed by atoms with Gasteiger partial charge in [0, 0.05) is 6.42 Å². The van der Waals surface area contributed by atoms with Crippen molar-refractivity contribution in [3.05, 3.63) is 0 Å². The summed E-state index contributed by atoms with van der Waals surface area (Å²) < 4.78 is 5.19. The highest BCUT2D eigenvalue weighted by Gasteiger charge is 2.20. The molecule has 0 amide bonds. The Kier molecular flexibility index (Phi) is 2.92. The summed E-state index contributed by atoms with van der Waals surface area (Å²) in [6, 6.07) is 0. The van der Waals surface area contributed by atoms with Crippen LogP contribution in [0.3, 0.4) is 0 Å². The van der Waals surface area contributed by atoms with Crippen LogP contribution in [-0.4, -0.2) is 12.1 Å². The molecule has 0 aromatic heterocycles. The molecular weight excluding hydrogens is 140 g/mol. The van der Waals surface area contributed by atoms with E-state index >= 15 is 0 Å². The van der Waals surface area contributed by atoms with E-state index in [0.29, 0.717) is 12.3 Å². The Morgan fingerprint density at radius 3 is 2.91 bits per heavy atom. The predicted molar refractivity (Wildman–Crippen MR) is 43.2 cm³/mol. The zero-order chi connectivity index (χ0) is 8.27. The van der Waals surface area contributed by atoms with E-state index in [1.54, 1.807) is 0 Å². The maximum atomic E-state index is 11.0. The van der Waals surface area contributed by atoms with Gasteiger partial charge < -0.3 is 4.74 Å². The Labute approximate surface area is 67.9 Å². The highest BCUT2D eigenvalue weighted by molar-refractivity contribution is 5.70. The van der Waals surface area contributed by atoms with E-state index in [-0.39, 0.29) is 12.1 Å². The summed E-state index contributed by atoms with van der Waals surface area (Å²) in [6.07, 6.45) is 3.93. The third-order valence-electron chi connectivity index (χ3n) is 2.25. The third-order valence-corrected chi connectivity index (χ3v) is 2.25. The van der Waals surface area contributed by atoms with Crippen molar-refractivity contribution in [2.24, 2.45) is 5.92 Å². The van der Waals surface area contributed by atoms with E-state index in [9.17, 15) is 4.79 Å². The van der Waals surface area contributed by atoms with E-state index in [4.69, 9.17) is 4.74 Å². The first-order chi connectivity index (χ1) is 5.22. The molecule has 1 aliphatic rings. The van der Waals surface area contributed by atoms with Crippen molar-refractivity contribution in [1.29, 1.82) is 0 Å². The van der Waals surface area contributed by atoms with E-state index in [1.165, 1.54) is 0 Å². The van der Waals surface area contributed by atoms with Gasteiger partial charge in [0.2, 0.25) is 0 Å². The van der Waals surface area contributed by atoms with E-state index in [1.807, 2.05) is 0 Å². The van der Waals surface area contributed by atoms with Crippen molar-refractivity contribution < 1.29 is 9.53 Å². The molecule has 0 spiro atoms. The van der Waals surface area contributed by atoms with Crippen LogP contribution in [0.5, 0.6) is 0 Å². The smallest absolute Gasteiger partial charge is 0.306 e. The van der Waals surface area contributed by atoms with E-state index < -0.39 is 0 Å². The molecule has 1 saturated heterocycles. The van der Waals surface area contributed by atoms with Gasteiger partial charge in [0.15, 0.2) is 0 Å². The topological polar surface area (TPSA) is 26.3 Å². The highest BCUT2D eigenvalue weighted by Crippen LogP contribution is 2.21. The quantitative estimate of drug-likeness (QED) is 0.543. The molecule has 0 saturated carbocycles. The van der Waals surface area contributed by atoms with Crippen molar-refractivity contribution in [3.8, 4) is 0 Å². The summed E-state index contributed by atoms with van der Waals surface area (Å²) in [5, 5.41) is 0. The Morgan fingerprint density at radius 1 is 1.55 bits per heavy atom. The van der Waals surface area contributed by atoms with Crippen LogP contribution in [0.4, 0.5) is 0 Å². The number of hydrogen-bond donors (Lipinski definition) is 0. The van der Waals surface area contributed by atoms with Crippen molar-refractivity contribution in [3.63, 3.8) is 0 Å². The number of esters is 1. The van der Waals surface area contributed by atoms with Crippen LogP contribution in [0, 0.1) is 5.92 Å². The summed E-state index contributed by atoms with van der Waals surface area (Å²) in [4.78, 5) is 11.0. The van der Waals surface area contributed by atoms with Crippen LogP contribution in [0.1, 0.15) is 39.5 Å². The molecule has 0 aliphatic carbocycles. The number of carbonyl (C=O) groups excluding carboxylic acids is 1. The van der Waals surface area contributed by atoms with Gasteiger partial charge in [-0.2, -0.15) is 0 Å². The van der Waals surface area contributed by atoms with Gasteiger partial charge in [0.1, 0.15) is 6.10 Å². The molecule has 1 fully saturated rings. The fourth-order valence-electron chi connectivity index (χ4n) is 1.44. The molecule has 0 bridgehead atoms. The molecule has 0 aromatic rings. The lowest BCUT2D eigenvalue weighted by molar-refractivity contribution is -0.148. The fraction of sp³-hybridized carbons (Fsp3) is 0.889. The molecule has 0 N–H and O–H groups in total. The van der Waals surface area contributed by atoms with Crippen LogP contribution in [0.25, 0.3) is 0 Å². The number of cyclic esters (lactones) is 1. The number of carbonyl (C=O) groups is 1. The predicted octanol–water partition coefficient (Wildman–Crippen LogP) is 2.13. The molecule has 11 heavy (non-hydrogen) atoms. The lowest BCUT2D eigenvalue weighted by Gasteiger charge is -2.11. The SMILES string of the molecule is CCC1CCC(C)CC(=O)O1.